The van der Waals surface area contributed by atoms with Gasteiger partial charge in [-0.3, -0.25) is 4.79 Å². The summed E-state index contributed by atoms with van der Waals surface area (Å²) in [6.45, 7) is 11.4. The highest BCUT2D eigenvalue weighted by Crippen LogP contribution is 2.28. The van der Waals surface area contributed by atoms with E-state index in [1.54, 1.807) is 34.4 Å². The molecule has 9 heteroatoms. The molecule has 32 heavy (non-hydrogen) atoms. The van der Waals surface area contributed by atoms with Crippen LogP contribution in [0.2, 0.25) is 0 Å². The summed E-state index contributed by atoms with van der Waals surface area (Å²) >= 11 is 0. The molecule has 4 heterocycles. The average Bonchev–Trinajstić information content (AvgIpc) is 3.49. The van der Waals surface area contributed by atoms with Crippen molar-refractivity contribution in [2.24, 2.45) is 0 Å². The zero-order chi connectivity index (χ0) is 22.8. The third kappa shape index (κ3) is 3.94. The first-order valence-electron chi connectivity index (χ1n) is 11.2. The van der Waals surface area contributed by atoms with Gasteiger partial charge in [-0.25, -0.2) is 14.5 Å². The first kappa shape index (κ1) is 21.9. The van der Waals surface area contributed by atoms with Crippen molar-refractivity contribution in [1.82, 2.24) is 29.5 Å². The summed E-state index contributed by atoms with van der Waals surface area (Å²) in [6, 6.07) is 5.55. The van der Waals surface area contributed by atoms with Crippen molar-refractivity contribution in [2.45, 2.75) is 33.7 Å². The van der Waals surface area contributed by atoms with Crippen molar-refractivity contribution in [3.63, 3.8) is 0 Å². The maximum Gasteiger partial charge on any atom is 0.320 e. The Labute approximate surface area is 187 Å². The van der Waals surface area contributed by atoms with Gasteiger partial charge in [-0.1, -0.05) is 0 Å². The number of pyridine rings is 1. The Morgan fingerprint density at radius 3 is 2.41 bits per heavy atom. The lowest BCUT2D eigenvalue weighted by Gasteiger charge is -2.37. The lowest BCUT2D eigenvalue weighted by atomic mass is 10.1. The molecule has 0 unspecified atom stereocenters. The molecule has 1 aliphatic rings. The molecule has 3 aromatic heterocycles. The van der Waals surface area contributed by atoms with Crippen LogP contribution in [0.5, 0.6) is 0 Å². The summed E-state index contributed by atoms with van der Waals surface area (Å²) in [7, 11) is 0. The van der Waals surface area contributed by atoms with Crippen LogP contribution in [0.1, 0.15) is 44.1 Å². The monoisotopic (exact) mass is 438 g/mol. The second-order valence-corrected chi connectivity index (χ2v) is 8.19. The van der Waals surface area contributed by atoms with Crippen molar-refractivity contribution in [2.75, 3.05) is 39.3 Å². The number of hydrogen-bond acceptors (Lipinski definition) is 5. The molecule has 9 nitrogen and oxygen atoms in total. The number of fused-ring (bicyclic) bond motifs is 1. The van der Waals surface area contributed by atoms with Gasteiger partial charge in [-0.15, -0.1) is 0 Å². The maximum absolute atomic E-state index is 13.6. The standard InChI is InChI=1S/C23H30N6O3/c1-5-26(6-2)23(31)28-11-9-27(10-12-28)22(30)17-14-19(20-8-7-13-32-20)25-21-18(17)15-24-29(21)16(3)4/h7-8,13-16H,5-6,9-12H2,1-4H3. The number of urea groups is 1. The van der Waals surface area contributed by atoms with E-state index in [1.165, 1.54) is 0 Å². The highest BCUT2D eigenvalue weighted by Gasteiger charge is 2.29. The number of rotatable bonds is 5. The Morgan fingerprint density at radius 2 is 1.81 bits per heavy atom. The Balaban J connectivity index is 1.62. The summed E-state index contributed by atoms with van der Waals surface area (Å²) in [5.41, 5.74) is 1.81. The summed E-state index contributed by atoms with van der Waals surface area (Å²) in [6.07, 6.45) is 3.30. The molecule has 3 amide bonds. The second kappa shape index (κ2) is 9.02. The molecule has 4 rings (SSSR count). The van der Waals surface area contributed by atoms with Crippen molar-refractivity contribution < 1.29 is 14.0 Å². The zero-order valence-corrected chi connectivity index (χ0v) is 19.1. The lowest BCUT2D eigenvalue weighted by Crippen LogP contribution is -2.54. The van der Waals surface area contributed by atoms with E-state index in [2.05, 4.69) is 5.10 Å². The Bertz CT molecular complexity index is 1090. The molecule has 1 fully saturated rings. The minimum absolute atomic E-state index is 0.0340. The molecule has 0 radical (unpaired) electrons. The number of carbonyl (C=O) groups excluding carboxylic acids is 2. The third-order valence-electron chi connectivity index (χ3n) is 5.93. The van der Waals surface area contributed by atoms with Gasteiger partial charge >= 0.3 is 6.03 Å². The average molecular weight is 439 g/mol. The molecule has 0 spiro atoms. The Morgan fingerprint density at radius 1 is 1.12 bits per heavy atom. The van der Waals surface area contributed by atoms with E-state index >= 15 is 0 Å². The van der Waals surface area contributed by atoms with Crippen LogP contribution >= 0.6 is 0 Å². The molecule has 3 aromatic rings. The predicted molar refractivity (Wildman–Crippen MR) is 121 cm³/mol. The number of nitrogens with zero attached hydrogens (tertiary/aromatic N) is 6. The van der Waals surface area contributed by atoms with Crippen LogP contribution in [0.25, 0.3) is 22.5 Å². The number of carbonyl (C=O) groups is 2. The highest BCUT2D eigenvalue weighted by atomic mass is 16.3. The Kier molecular flexibility index (Phi) is 6.16. The molecule has 0 N–H and O–H groups in total. The van der Waals surface area contributed by atoms with E-state index in [0.717, 1.165) is 5.39 Å². The molecule has 0 saturated carbocycles. The maximum atomic E-state index is 13.6. The summed E-state index contributed by atoms with van der Waals surface area (Å²) < 4.78 is 7.36. The van der Waals surface area contributed by atoms with E-state index < -0.39 is 0 Å². The summed E-state index contributed by atoms with van der Waals surface area (Å²) in [5, 5.41) is 5.20. The van der Waals surface area contributed by atoms with Crippen LogP contribution in [0.3, 0.4) is 0 Å². The van der Waals surface area contributed by atoms with Crippen molar-refractivity contribution in [3.05, 3.63) is 36.2 Å². The van der Waals surface area contributed by atoms with Gasteiger partial charge in [0.25, 0.3) is 5.91 Å². The number of hydrogen-bond donors (Lipinski definition) is 0. The summed E-state index contributed by atoms with van der Waals surface area (Å²) in [4.78, 5) is 36.4. The van der Waals surface area contributed by atoms with E-state index in [1.807, 2.05) is 43.3 Å². The number of aromatic nitrogens is 3. The first-order chi connectivity index (χ1) is 15.4. The zero-order valence-electron chi connectivity index (χ0n) is 19.1. The van der Waals surface area contributed by atoms with E-state index in [0.29, 0.717) is 61.9 Å². The van der Waals surface area contributed by atoms with Gasteiger partial charge in [0.05, 0.1) is 23.4 Å². The minimum Gasteiger partial charge on any atom is -0.463 e. The van der Waals surface area contributed by atoms with E-state index in [-0.39, 0.29) is 18.0 Å². The molecule has 0 atom stereocenters. The van der Waals surface area contributed by atoms with Gasteiger partial charge < -0.3 is 19.1 Å². The molecule has 0 bridgehead atoms. The lowest BCUT2D eigenvalue weighted by molar-refractivity contribution is 0.0643. The quantitative estimate of drug-likeness (QED) is 0.608. The van der Waals surface area contributed by atoms with Gasteiger partial charge in [-0.05, 0) is 45.9 Å². The number of amides is 3. The predicted octanol–water partition coefficient (Wildman–Crippen LogP) is 3.49. The molecule has 1 aliphatic heterocycles. The van der Waals surface area contributed by atoms with Gasteiger partial charge in [0, 0.05) is 45.3 Å². The van der Waals surface area contributed by atoms with Crippen LogP contribution in [-0.2, 0) is 0 Å². The highest BCUT2D eigenvalue weighted by molar-refractivity contribution is 6.06. The summed E-state index contributed by atoms with van der Waals surface area (Å²) in [5.74, 6) is 0.524. The Hall–Kier alpha value is -3.36. The van der Waals surface area contributed by atoms with Gasteiger partial charge in [0.2, 0.25) is 0 Å². The number of piperazine rings is 1. The van der Waals surface area contributed by atoms with Crippen molar-refractivity contribution in [1.29, 1.82) is 0 Å². The fourth-order valence-corrected chi connectivity index (χ4v) is 4.09. The van der Waals surface area contributed by atoms with Crippen LogP contribution < -0.4 is 0 Å². The van der Waals surface area contributed by atoms with Crippen LogP contribution in [-0.4, -0.2) is 80.7 Å². The third-order valence-corrected chi connectivity index (χ3v) is 5.93. The largest absolute Gasteiger partial charge is 0.463 e. The van der Waals surface area contributed by atoms with Crippen molar-refractivity contribution in [3.8, 4) is 11.5 Å². The van der Waals surface area contributed by atoms with Gasteiger partial charge in [0.1, 0.15) is 5.69 Å². The van der Waals surface area contributed by atoms with Crippen LogP contribution in [0.4, 0.5) is 4.79 Å². The minimum atomic E-state index is -0.0801. The fourth-order valence-electron chi connectivity index (χ4n) is 4.09. The van der Waals surface area contributed by atoms with Crippen molar-refractivity contribution >= 4 is 23.0 Å². The van der Waals surface area contributed by atoms with Crippen LogP contribution in [0, 0.1) is 0 Å². The molecule has 0 aliphatic carbocycles. The van der Waals surface area contributed by atoms with Crippen LogP contribution in [0.15, 0.2) is 35.1 Å². The SMILES string of the molecule is CCN(CC)C(=O)N1CCN(C(=O)c2cc(-c3ccco3)nc3c2cnn3C(C)C)CC1. The first-order valence-corrected chi connectivity index (χ1v) is 11.2. The molecule has 0 aromatic carbocycles. The fraction of sp³-hybridized carbons (Fsp3) is 0.478. The molecular weight excluding hydrogens is 408 g/mol. The van der Waals surface area contributed by atoms with Gasteiger partial charge in [0.15, 0.2) is 11.4 Å². The van der Waals surface area contributed by atoms with Gasteiger partial charge in [-0.2, -0.15) is 5.10 Å². The number of furan rings is 1. The van der Waals surface area contributed by atoms with E-state index in [9.17, 15) is 9.59 Å². The normalized spacial score (nSPS) is 14.4. The topological polar surface area (TPSA) is 87.7 Å². The van der Waals surface area contributed by atoms with E-state index in [4.69, 9.17) is 9.40 Å². The molecular formula is C23H30N6O3. The molecule has 170 valence electrons. The smallest absolute Gasteiger partial charge is 0.320 e. The second-order valence-electron chi connectivity index (χ2n) is 8.19. The molecule has 1 saturated heterocycles.